The van der Waals surface area contributed by atoms with Crippen LogP contribution in [0.4, 0.5) is 4.39 Å². The van der Waals surface area contributed by atoms with Gasteiger partial charge in [0, 0.05) is 31.1 Å². The van der Waals surface area contributed by atoms with Gasteiger partial charge in [0.05, 0.1) is 6.04 Å². The third-order valence-corrected chi connectivity index (χ3v) is 3.91. The maximum absolute atomic E-state index is 12.8. The average molecular weight is 284 g/mol. The lowest BCUT2D eigenvalue weighted by Crippen LogP contribution is -2.39. The lowest BCUT2D eigenvalue weighted by molar-refractivity contribution is -0.129. The topological polar surface area (TPSA) is 25.2 Å². The predicted molar refractivity (Wildman–Crippen MR) is 80.0 cm³/mol. The Morgan fingerprint density at radius 2 is 2.00 bits per heavy atom. The minimum absolute atomic E-state index is 0.0146. The first-order chi connectivity index (χ1) is 10.1. The molecule has 0 spiro atoms. The molecule has 0 saturated carbocycles. The van der Waals surface area contributed by atoms with E-state index in [-0.39, 0.29) is 17.8 Å². The van der Waals surface area contributed by atoms with Crippen molar-refractivity contribution in [2.75, 3.05) is 6.54 Å². The number of nitrogens with zero attached hydrogens (tertiary/aromatic N) is 2. The molecular formula is C17H17FN2O. The summed E-state index contributed by atoms with van der Waals surface area (Å²) >= 11 is 0. The van der Waals surface area contributed by atoms with Crippen LogP contribution in [-0.2, 0) is 11.3 Å². The number of fused-ring (bicyclic) bond motifs is 1. The van der Waals surface area contributed by atoms with Gasteiger partial charge in [0.2, 0.25) is 5.91 Å². The SMILES string of the molecule is C[C@@H]1c2cccn2CCN1C(=O)/C=C\c1ccc(F)cc1. The maximum atomic E-state index is 12.8. The van der Waals surface area contributed by atoms with Crippen LogP contribution in [0, 0.1) is 5.82 Å². The summed E-state index contributed by atoms with van der Waals surface area (Å²) < 4.78 is 15.0. The molecule has 1 aromatic carbocycles. The Labute approximate surface area is 123 Å². The second kappa shape index (κ2) is 5.56. The number of rotatable bonds is 2. The van der Waals surface area contributed by atoms with Gasteiger partial charge in [0.15, 0.2) is 0 Å². The number of amides is 1. The number of benzene rings is 1. The van der Waals surface area contributed by atoms with E-state index >= 15 is 0 Å². The number of hydrogen-bond acceptors (Lipinski definition) is 1. The number of carbonyl (C=O) groups is 1. The quantitative estimate of drug-likeness (QED) is 0.777. The summed E-state index contributed by atoms with van der Waals surface area (Å²) in [5, 5.41) is 0. The normalized spacial score (nSPS) is 18.0. The molecule has 2 aromatic rings. The van der Waals surface area contributed by atoms with Gasteiger partial charge < -0.3 is 9.47 Å². The van der Waals surface area contributed by atoms with Crippen molar-refractivity contribution in [1.82, 2.24) is 9.47 Å². The van der Waals surface area contributed by atoms with Crippen LogP contribution in [0.25, 0.3) is 6.08 Å². The summed E-state index contributed by atoms with van der Waals surface area (Å²) in [4.78, 5) is 14.2. The molecule has 108 valence electrons. The van der Waals surface area contributed by atoms with Crippen LogP contribution >= 0.6 is 0 Å². The summed E-state index contributed by atoms with van der Waals surface area (Å²) in [5.41, 5.74) is 1.97. The molecule has 0 aliphatic carbocycles. The Kier molecular flexibility index (Phi) is 3.60. The van der Waals surface area contributed by atoms with Crippen molar-refractivity contribution in [3.63, 3.8) is 0 Å². The first-order valence-electron chi connectivity index (χ1n) is 7.04. The van der Waals surface area contributed by atoms with Gasteiger partial charge in [-0.25, -0.2) is 4.39 Å². The highest BCUT2D eigenvalue weighted by Crippen LogP contribution is 2.25. The Bertz CT molecular complexity index is 672. The maximum Gasteiger partial charge on any atom is 0.247 e. The highest BCUT2D eigenvalue weighted by Gasteiger charge is 2.25. The van der Waals surface area contributed by atoms with Crippen LogP contribution in [0.1, 0.15) is 24.2 Å². The van der Waals surface area contributed by atoms with Crippen LogP contribution in [-0.4, -0.2) is 21.9 Å². The lowest BCUT2D eigenvalue weighted by Gasteiger charge is -2.34. The van der Waals surface area contributed by atoms with Crippen LogP contribution in [0.5, 0.6) is 0 Å². The van der Waals surface area contributed by atoms with Gasteiger partial charge in [0.1, 0.15) is 5.82 Å². The number of aromatic nitrogens is 1. The lowest BCUT2D eigenvalue weighted by atomic mass is 10.1. The van der Waals surface area contributed by atoms with E-state index in [1.54, 1.807) is 24.3 Å². The molecule has 0 unspecified atom stereocenters. The fourth-order valence-electron chi connectivity index (χ4n) is 2.72. The molecule has 3 nitrogen and oxygen atoms in total. The van der Waals surface area contributed by atoms with Crippen LogP contribution in [0.3, 0.4) is 0 Å². The molecule has 2 heterocycles. The van der Waals surface area contributed by atoms with Gasteiger partial charge in [-0.05, 0) is 42.8 Å². The van der Waals surface area contributed by atoms with Crippen LogP contribution in [0.15, 0.2) is 48.7 Å². The van der Waals surface area contributed by atoms with Gasteiger partial charge >= 0.3 is 0 Å². The molecule has 4 heteroatoms. The second-order valence-corrected chi connectivity index (χ2v) is 5.22. The smallest absolute Gasteiger partial charge is 0.247 e. The molecule has 1 aliphatic rings. The third-order valence-electron chi connectivity index (χ3n) is 3.91. The van der Waals surface area contributed by atoms with Crippen molar-refractivity contribution in [1.29, 1.82) is 0 Å². The molecule has 1 aliphatic heterocycles. The molecular weight excluding hydrogens is 267 g/mol. The van der Waals surface area contributed by atoms with Crippen molar-refractivity contribution in [2.24, 2.45) is 0 Å². The van der Waals surface area contributed by atoms with E-state index in [1.165, 1.54) is 12.1 Å². The monoisotopic (exact) mass is 284 g/mol. The summed E-state index contributed by atoms with van der Waals surface area (Å²) in [6.45, 7) is 3.56. The van der Waals surface area contributed by atoms with E-state index < -0.39 is 0 Å². The molecule has 0 saturated heterocycles. The minimum atomic E-state index is -0.274. The first-order valence-corrected chi connectivity index (χ1v) is 7.04. The van der Waals surface area contributed by atoms with E-state index in [4.69, 9.17) is 0 Å². The highest BCUT2D eigenvalue weighted by molar-refractivity contribution is 5.92. The zero-order valence-corrected chi connectivity index (χ0v) is 11.9. The van der Waals surface area contributed by atoms with Crippen molar-refractivity contribution >= 4 is 12.0 Å². The van der Waals surface area contributed by atoms with Crippen LogP contribution < -0.4 is 0 Å². The summed E-state index contributed by atoms with van der Waals surface area (Å²) in [7, 11) is 0. The fourth-order valence-corrected chi connectivity index (χ4v) is 2.72. The largest absolute Gasteiger partial charge is 0.348 e. The van der Waals surface area contributed by atoms with Gasteiger partial charge in [-0.15, -0.1) is 0 Å². The first kappa shape index (κ1) is 13.6. The number of hydrogen-bond donors (Lipinski definition) is 0. The zero-order valence-electron chi connectivity index (χ0n) is 11.9. The van der Waals surface area contributed by atoms with E-state index in [9.17, 15) is 9.18 Å². The Morgan fingerprint density at radius 1 is 1.24 bits per heavy atom. The molecule has 1 amide bonds. The van der Waals surface area contributed by atoms with Gasteiger partial charge in [-0.3, -0.25) is 4.79 Å². The molecule has 1 atom stereocenters. The van der Waals surface area contributed by atoms with Gasteiger partial charge in [0.25, 0.3) is 0 Å². The minimum Gasteiger partial charge on any atom is -0.348 e. The van der Waals surface area contributed by atoms with E-state index in [1.807, 2.05) is 30.2 Å². The van der Waals surface area contributed by atoms with E-state index in [0.717, 1.165) is 17.8 Å². The van der Waals surface area contributed by atoms with Gasteiger partial charge in [-0.2, -0.15) is 0 Å². The molecule has 1 aromatic heterocycles. The molecule has 0 N–H and O–H groups in total. The summed E-state index contributed by atoms with van der Waals surface area (Å²) in [6.07, 6.45) is 5.33. The van der Waals surface area contributed by atoms with E-state index in [0.29, 0.717) is 6.54 Å². The number of carbonyl (C=O) groups excluding carboxylic acids is 1. The van der Waals surface area contributed by atoms with Crippen LogP contribution in [0.2, 0.25) is 0 Å². The zero-order chi connectivity index (χ0) is 14.8. The summed E-state index contributed by atoms with van der Waals surface area (Å²) in [6, 6.07) is 10.2. The average Bonchev–Trinajstić information content (AvgIpc) is 2.96. The number of halogens is 1. The van der Waals surface area contributed by atoms with Crippen molar-refractivity contribution in [3.8, 4) is 0 Å². The Hall–Kier alpha value is -2.36. The van der Waals surface area contributed by atoms with Crippen molar-refractivity contribution in [3.05, 3.63) is 65.7 Å². The van der Waals surface area contributed by atoms with Gasteiger partial charge in [-0.1, -0.05) is 12.1 Å². The molecule has 3 rings (SSSR count). The Balaban J connectivity index is 1.73. The molecule has 0 radical (unpaired) electrons. The fraction of sp³-hybridized carbons (Fsp3) is 0.235. The summed E-state index contributed by atoms with van der Waals surface area (Å²) in [5.74, 6) is -0.289. The Morgan fingerprint density at radius 3 is 2.76 bits per heavy atom. The van der Waals surface area contributed by atoms with E-state index in [2.05, 4.69) is 4.57 Å². The van der Waals surface area contributed by atoms with Crippen molar-refractivity contribution in [2.45, 2.75) is 19.5 Å². The molecule has 0 bridgehead atoms. The third kappa shape index (κ3) is 2.75. The molecule has 21 heavy (non-hydrogen) atoms. The second-order valence-electron chi connectivity index (χ2n) is 5.22. The standard InChI is InChI=1S/C17H17FN2O/c1-13-16-3-2-10-19(16)11-12-20(13)17(21)9-6-14-4-7-15(18)8-5-14/h2-10,13H,11-12H2,1H3/b9-6-/t13-/m1/s1. The van der Waals surface area contributed by atoms with Crippen molar-refractivity contribution < 1.29 is 9.18 Å². The molecule has 0 fully saturated rings. The highest BCUT2D eigenvalue weighted by atomic mass is 19.1. The predicted octanol–water partition coefficient (Wildman–Crippen LogP) is 3.24.